The quantitative estimate of drug-likeness (QED) is 0.181. The topological polar surface area (TPSA) is 60.2 Å². The molecule has 0 saturated carbocycles. The van der Waals surface area contributed by atoms with E-state index in [1.165, 1.54) is 11.1 Å². The van der Waals surface area contributed by atoms with Crippen molar-refractivity contribution in [2.24, 2.45) is 0 Å². The van der Waals surface area contributed by atoms with E-state index >= 15 is 0 Å². The third-order valence-corrected chi connectivity index (χ3v) is 8.47. The predicted molar refractivity (Wildman–Crippen MR) is 184 cm³/mol. The third kappa shape index (κ3) is 5.69. The van der Waals surface area contributed by atoms with Crippen molar-refractivity contribution in [3.63, 3.8) is 0 Å². The molecule has 4 aromatic carbocycles. The summed E-state index contributed by atoms with van der Waals surface area (Å²) in [6.07, 6.45) is 1.88. The minimum absolute atomic E-state index is 0. The molecule has 0 bridgehead atoms. The van der Waals surface area contributed by atoms with E-state index in [-0.39, 0.29) is 37.6 Å². The molecular formula is C40H36N3O2Pt-. The van der Waals surface area contributed by atoms with Gasteiger partial charge in [0.05, 0.1) is 0 Å². The SMILES string of the molecule is CC(C)(C)c1ccnc(-n2c3[c-]c(Oc4ccc5c(-c6ccccc6)ccc(O)c5n4)ccc3c3cc(C(C)(C)C)ccc32)c1.[Pt]. The van der Waals surface area contributed by atoms with Crippen LogP contribution in [0.4, 0.5) is 0 Å². The molecule has 0 aliphatic rings. The first-order valence-corrected chi connectivity index (χ1v) is 15.3. The van der Waals surface area contributed by atoms with Gasteiger partial charge in [-0.3, -0.25) is 0 Å². The smallest absolute Gasteiger partial charge is 0.217 e. The second-order valence-electron chi connectivity index (χ2n) is 13.7. The molecule has 0 aliphatic heterocycles. The largest absolute Gasteiger partial charge is 0.506 e. The molecule has 0 fully saturated rings. The first-order chi connectivity index (χ1) is 21.5. The van der Waals surface area contributed by atoms with E-state index < -0.39 is 0 Å². The van der Waals surface area contributed by atoms with Gasteiger partial charge in [0.2, 0.25) is 5.88 Å². The molecule has 5 nitrogen and oxygen atoms in total. The summed E-state index contributed by atoms with van der Waals surface area (Å²) >= 11 is 0. The number of ether oxygens (including phenoxy) is 1. The number of phenols is 1. The Morgan fingerprint density at radius 1 is 0.717 bits per heavy atom. The Morgan fingerprint density at radius 3 is 2.17 bits per heavy atom. The predicted octanol–water partition coefficient (Wildman–Crippen LogP) is 10.3. The van der Waals surface area contributed by atoms with E-state index in [9.17, 15) is 5.11 Å². The second-order valence-corrected chi connectivity index (χ2v) is 13.7. The van der Waals surface area contributed by atoms with Gasteiger partial charge in [-0.2, -0.15) is 6.07 Å². The molecule has 0 amide bonds. The van der Waals surface area contributed by atoms with Crippen molar-refractivity contribution in [3.8, 4) is 34.3 Å². The minimum Gasteiger partial charge on any atom is -0.506 e. The number of fused-ring (bicyclic) bond motifs is 4. The van der Waals surface area contributed by atoms with E-state index in [1.54, 1.807) is 6.07 Å². The number of hydrogen-bond donors (Lipinski definition) is 1. The van der Waals surface area contributed by atoms with Gasteiger partial charge in [-0.15, -0.1) is 17.5 Å². The number of hydrogen-bond acceptors (Lipinski definition) is 4. The zero-order valence-corrected chi connectivity index (χ0v) is 29.1. The number of pyridine rings is 2. The zero-order chi connectivity index (χ0) is 31.5. The van der Waals surface area contributed by atoms with Crippen molar-refractivity contribution in [1.29, 1.82) is 0 Å². The van der Waals surface area contributed by atoms with E-state index in [0.29, 0.717) is 17.1 Å². The number of phenolic OH excluding ortho intramolecular Hbond substituents is 1. The molecule has 1 N–H and O–H groups in total. The molecule has 0 atom stereocenters. The summed E-state index contributed by atoms with van der Waals surface area (Å²) in [5.74, 6) is 1.85. The van der Waals surface area contributed by atoms with Crippen LogP contribution in [-0.2, 0) is 31.9 Å². The van der Waals surface area contributed by atoms with Crippen molar-refractivity contribution in [3.05, 3.63) is 120 Å². The number of benzene rings is 4. The van der Waals surface area contributed by atoms with Crippen LogP contribution in [0.25, 0.3) is 49.7 Å². The van der Waals surface area contributed by atoms with Gasteiger partial charge in [0, 0.05) is 50.0 Å². The van der Waals surface area contributed by atoms with Gasteiger partial charge in [0.15, 0.2) is 0 Å². The van der Waals surface area contributed by atoms with Crippen LogP contribution in [0.2, 0.25) is 0 Å². The molecule has 7 aromatic rings. The molecule has 234 valence electrons. The van der Waals surface area contributed by atoms with Crippen molar-refractivity contribution in [1.82, 2.24) is 14.5 Å². The van der Waals surface area contributed by atoms with Crippen molar-refractivity contribution in [2.45, 2.75) is 52.4 Å². The van der Waals surface area contributed by atoms with Gasteiger partial charge in [0.25, 0.3) is 0 Å². The van der Waals surface area contributed by atoms with Crippen LogP contribution in [0.1, 0.15) is 52.7 Å². The Morgan fingerprint density at radius 2 is 1.43 bits per heavy atom. The molecule has 3 heterocycles. The maximum Gasteiger partial charge on any atom is 0.217 e. The maximum atomic E-state index is 10.7. The fourth-order valence-electron chi connectivity index (χ4n) is 5.92. The summed E-state index contributed by atoms with van der Waals surface area (Å²) in [7, 11) is 0. The Bertz CT molecular complexity index is 2220. The normalized spacial score (nSPS) is 12.0. The van der Waals surface area contributed by atoms with Crippen LogP contribution in [-0.4, -0.2) is 19.6 Å². The van der Waals surface area contributed by atoms with Crippen molar-refractivity contribution < 1.29 is 30.9 Å². The van der Waals surface area contributed by atoms with Crippen LogP contribution >= 0.6 is 0 Å². The summed E-state index contributed by atoms with van der Waals surface area (Å²) in [5, 5.41) is 13.8. The first-order valence-electron chi connectivity index (χ1n) is 15.3. The Balaban J connectivity index is 0.00000372. The average molecular weight is 786 g/mol. The van der Waals surface area contributed by atoms with Gasteiger partial charge < -0.3 is 14.4 Å². The minimum atomic E-state index is -0.0263. The maximum absolute atomic E-state index is 10.7. The van der Waals surface area contributed by atoms with Crippen LogP contribution in [0.5, 0.6) is 17.4 Å². The monoisotopic (exact) mass is 785 g/mol. The molecule has 0 aliphatic carbocycles. The molecular weight excluding hydrogens is 750 g/mol. The molecule has 0 saturated heterocycles. The van der Waals surface area contributed by atoms with Crippen LogP contribution < -0.4 is 4.74 Å². The number of nitrogens with zero attached hydrogens (tertiary/aromatic N) is 3. The van der Waals surface area contributed by atoms with E-state index in [2.05, 4.69) is 101 Å². The number of aromatic hydroxyl groups is 1. The Kier molecular flexibility index (Phi) is 8.02. The summed E-state index contributed by atoms with van der Waals surface area (Å²) in [4.78, 5) is 9.55. The molecule has 0 spiro atoms. The fraction of sp³-hybridized carbons (Fsp3) is 0.200. The van der Waals surface area contributed by atoms with Gasteiger partial charge >= 0.3 is 0 Å². The van der Waals surface area contributed by atoms with Gasteiger partial charge in [-0.1, -0.05) is 89.5 Å². The Hall–Kier alpha value is -4.47. The second kappa shape index (κ2) is 11.7. The first kappa shape index (κ1) is 31.5. The molecule has 6 heteroatoms. The van der Waals surface area contributed by atoms with E-state index in [4.69, 9.17) is 14.7 Å². The van der Waals surface area contributed by atoms with E-state index in [1.807, 2.05) is 48.7 Å². The van der Waals surface area contributed by atoms with Crippen LogP contribution in [0, 0.1) is 6.07 Å². The molecule has 3 aromatic heterocycles. The van der Waals surface area contributed by atoms with Crippen molar-refractivity contribution in [2.75, 3.05) is 0 Å². The van der Waals surface area contributed by atoms with Gasteiger partial charge in [-0.25, -0.2) is 9.97 Å². The zero-order valence-electron chi connectivity index (χ0n) is 26.8. The molecule has 7 rings (SSSR count). The Labute approximate surface area is 284 Å². The summed E-state index contributed by atoms with van der Waals surface area (Å²) in [6, 6.07) is 36.0. The molecule has 0 unspecified atom stereocenters. The van der Waals surface area contributed by atoms with Gasteiger partial charge in [-0.05, 0) is 74.9 Å². The van der Waals surface area contributed by atoms with Crippen LogP contribution in [0.15, 0.2) is 103 Å². The third-order valence-electron chi connectivity index (χ3n) is 8.47. The van der Waals surface area contributed by atoms with Gasteiger partial charge in [0.1, 0.15) is 17.1 Å². The summed E-state index contributed by atoms with van der Waals surface area (Å²) in [6.45, 7) is 13.3. The van der Waals surface area contributed by atoms with Crippen LogP contribution in [0.3, 0.4) is 0 Å². The fourth-order valence-corrected chi connectivity index (χ4v) is 5.92. The van der Waals surface area contributed by atoms with Crippen molar-refractivity contribution >= 4 is 32.7 Å². The molecule has 46 heavy (non-hydrogen) atoms. The number of aromatic nitrogens is 3. The average Bonchev–Trinajstić information content (AvgIpc) is 3.34. The molecule has 0 radical (unpaired) electrons. The number of rotatable bonds is 4. The standard InChI is InChI=1S/C40H36N3O2.Pt/c1-39(2,3)26-12-17-33-32(22-26)30-14-13-28(24-34(30)43(33)36-23-27(20-21-41-36)40(4,5)6)45-37-19-16-31-29(25-10-8-7-9-11-25)15-18-35(44)38(31)42-37;/h7-23,44H,1-6H3;/q-1;. The summed E-state index contributed by atoms with van der Waals surface area (Å²) in [5.41, 5.74) is 6.94. The summed E-state index contributed by atoms with van der Waals surface area (Å²) < 4.78 is 8.50. The van der Waals surface area contributed by atoms with E-state index in [0.717, 1.165) is 44.1 Å².